The first-order valence-corrected chi connectivity index (χ1v) is 8.86. The summed E-state index contributed by atoms with van der Waals surface area (Å²) in [7, 11) is 0. The van der Waals surface area contributed by atoms with Gasteiger partial charge in [-0.2, -0.15) is 0 Å². The van der Waals surface area contributed by atoms with Gasteiger partial charge < -0.3 is 29.4 Å². The number of rotatable bonds is 6. The highest BCUT2D eigenvalue weighted by Gasteiger charge is 2.50. The summed E-state index contributed by atoms with van der Waals surface area (Å²) >= 11 is 0. The minimum atomic E-state index is -1.63. The Labute approximate surface area is 167 Å². The fraction of sp³-hybridized carbons (Fsp3) is 0.474. The van der Waals surface area contributed by atoms with Crippen molar-refractivity contribution in [1.82, 2.24) is 5.32 Å². The number of carbonyl (C=O) groups excluding carboxylic acids is 4. The fourth-order valence-electron chi connectivity index (χ4n) is 2.90. The first-order valence-electron chi connectivity index (χ1n) is 8.86. The molecular formula is C19H23NO9. The van der Waals surface area contributed by atoms with Gasteiger partial charge in [0.2, 0.25) is 0 Å². The van der Waals surface area contributed by atoms with Gasteiger partial charge in [-0.05, 0) is 12.1 Å². The molecule has 1 fully saturated rings. The smallest absolute Gasteiger partial charge is 0.303 e. The number of carbonyl (C=O) groups is 4. The number of hydrogen-bond donors (Lipinski definition) is 2. The lowest BCUT2D eigenvalue weighted by molar-refractivity contribution is -0.263. The summed E-state index contributed by atoms with van der Waals surface area (Å²) in [6.45, 7) is 3.08. The molecule has 0 unspecified atom stereocenters. The summed E-state index contributed by atoms with van der Waals surface area (Å²) in [5.74, 6) is -2.62. The van der Waals surface area contributed by atoms with Crippen LogP contribution in [0.4, 0.5) is 0 Å². The third-order valence-electron chi connectivity index (χ3n) is 4.05. The van der Waals surface area contributed by atoms with Crippen LogP contribution in [-0.4, -0.2) is 66.2 Å². The van der Waals surface area contributed by atoms with Gasteiger partial charge in [0.1, 0.15) is 18.8 Å². The van der Waals surface area contributed by atoms with Crippen LogP contribution in [0.5, 0.6) is 0 Å². The Morgan fingerprint density at radius 3 is 2.10 bits per heavy atom. The van der Waals surface area contributed by atoms with Crippen LogP contribution in [0.25, 0.3) is 0 Å². The molecule has 0 saturated carbocycles. The zero-order valence-corrected chi connectivity index (χ0v) is 16.2. The second-order valence-corrected chi connectivity index (χ2v) is 6.38. The van der Waals surface area contributed by atoms with Crippen molar-refractivity contribution in [2.24, 2.45) is 0 Å². The quantitative estimate of drug-likeness (QED) is 0.488. The highest BCUT2D eigenvalue weighted by Crippen LogP contribution is 2.26. The maximum absolute atomic E-state index is 12.5. The van der Waals surface area contributed by atoms with Crippen LogP contribution in [0.2, 0.25) is 0 Å². The number of nitrogens with one attached hydrogen (secondary N) is 1. The summed E-state index contributed by atoms with van der Waals surface area (Å²) in [5.41, 5.74) is 0.298. The summed E-state index contributed by atoms with van der Waals surface area (Å²) in [5, 5.41) is 13.0. The number of benzene rings is 1. The van der Waals surface area contributed by atoms with Crippen LogP contribution in [0.1, 0.15) is 31.1 Å². The molecule has 1 heterocycles. The molecule has 158 valence electrons. The SMILES string of the molecule is CC(=O)OC[C@@H]1O[C@H](O)[C@H](NC(=O)c2ccccc2)[C@H](OC(C)=O)[C@H]1OC(C)=O. The second-order valence-electron chi connectivity index (χ2n) is 6.38. The van der Waals surface area contributed by atoms with Crippen molar-refractivity contribution >= 4 is 23.8 Å². The summed E-state index contributed by atoms with van der Waals surface area (Å²) in [4.78, 5) is 46.9. The molecule has 10 nitrogen and oxygen atoms in total. The molecule has 0 aromatic heterocycles. The van der Waals surface area contributed by atoms with Gasteiger partial charge in [-0.25, -0.2) is 0 Å². The Balaban J connectivity index is 2.30. The number of amides is 1. The molecular weight excluding hydrogens is 386 g/mol. The molecule has 0 spiro atoms. The number of esters is 3. The normalized spacial score (nSPS) is 26.1. The third-order valence-corrected chi connectivity index (χ3v) is 4.05. The lowest BCUT2D eigenvalue weighted by atomic mass is 9.96. The Morgan fingerprint density at radius 2 is 1.55 bits per heavy atom. The van der Waals surface area contributed by atoms with Gasteiger partial charge in [0.25, 0.3) is 5.91 Å². The number of ether oxygens (including phenoxy) is 4. The van der Waals surface area contributed by atoms with E-state index >= 15 is 0 Å². The van der Waals surface area contributed by atoms with Crippen LogP contribution in [0.3, 0.4) is 0 Å². The van der Waals surface area contributed by atoms with Crippen LogP contribution in [0, 0.1) is 0 Å². The van der Waals surface area contributed by atoms with Gasteiger partial charge in [-0.3, -0.25) is 19.2 Å². The Hall–Kier alpha value is -2.98. The Morgan fingerprint density at radius 1 is 0.966 bits per heavy atom. The van der Waals surface area contributed by atoms with Crippen molar-refractivity contribution in [1.29, 1.82) is 0 Å². The van der Waals surface area contributed by atoms with Gasteiger partial charge in [0.15, 0.2) is 18.5 Å². The van der Waals surface area contributed by atoms with Crippen molar-refractivity contribution in [3.05, 3.63) is 35.9 Å². The van der Waals surface area contributed by atoms with Gasteiger partial charge in [-0.15, -0.1) is 0 Å². The molecule has 1 amide bonds. The zero-order chi connectivity index (χ0) is 21.6. The summed E-state index contributed by atoms with van der Waals surface area (Å²) < 4.78 is 20.8. The van der Waals surface area contributed by atoms with Crippen LogP contribution >= 0.6 is 0 Å². The first kappa shape index (κ1) is 22.3. The predicted octanol–water partition coefficient (Wildman–Crippen LogP) is -0.0713. The molecule has 0 bridgehead atoms. The van der Waals surface area contributed by atoms with E-state index in [0.717, 1.165) is 13.8 Å². The average Bonchev–Trinajstić information content (AvgIpc) is 2.65. The Kier molecular flexibility index (Phi) is 7.68. The van der Waals surface area contributed by atoms with E-state index in [1.165, 1.54) is 6.92 Å². The maximum atomic E-state index is 12.5. The van der Waals surface area contributed by atoms with E-state index in [4.69, 9.17) is 18.9 Å². The van der Waals surface area contributed by atoms with Gasteiger partial charge in [0, 0.05) is 26.3 Å². The molecule has 1 saturated heterocycles. The van der Waals surface area contributed by atoms with E-state index in [2.05, 4.69) is 5.32 Å². The van der Waals surface area contributed by atoms with E-state index in [1.54, 1.807) is 30.3 Å². The minimum Gasteiger partial charge on any atom is -0.463 e. The monoisotopic (exact) mass is 409 g/mol. The molecule has 10 heteroatoms. The summed E-state index contributed by atoms with van der Waals surface area (Å²) in [6, 6.07) is 6.91. The molecule has 2 rings (SSSR count). The molecule has 0 aliphatic carbocycles. The van der Waals surface area contributed by atoms with Crippen molar-refractivity contribution in [2.75, 3.05) is 6.61 Å². The van der Waals surface area contributed by atoms with Crippen molar-refractivity contribution in [3.63, 3.8) is 0 Å². The topological polar surface area (TPSA) is 137 Å². The molecule has 29 heavy (non-hydrogen) atoms. The largest absolute Gasteiger partial charge is 0.463 e. The molecule has 1 aliphatic rings. The maximum Gasteiger partial charge on any atom is 0.303 e. The fourth-order valence-corrected chi connectivity index (χ4v) is 2.90. The van der Waals surface area contributed by atoms with E-state index in [9.17, 15) is 24.3 Å². The highest BCUT2D eigenvalue weighted by molar-refractivity contribution is 5.94. The number of aliphatic hydroxyl groups is 1. The van der Waals surface area contributed by atoms with E-state index in [-0.39, 0.29) is 6.61 Å². The summed E-state index contributed by atoms with van der Waals surface area (Å²) in [6.07, 6.45) is -5.26. The average molecular weight is 409 g/mol. The van der Waals surface area contributed by atoms with Crippen LogP contribution in [0.15, 0.2) is 30.3 Å². The number of hydrogen-bond acceptors (Lipinski definition) is 9. The third kappa shape index (κ3) is 6.26. The molecule has 1 aliphatic heterocycles. The number of aliphatic hydroxyl groups excluding tert-OH is 1. The zero-order valence-electron chi connectivity index (χ0n) is 16.2. The molecule has 2 N–H and O–H groups in total. The van der Waals surface area contributed by atoms with Gasteiger partial charge >= 0.3 is 17.9 Å². The van der Waals surface area contributed by atoms with Gasteiger partial charge in [0.05, 0.1) is 0 Å². The first-order chi connectivity index (χ1) is 13.7. The van der Waals surface area contributed by atoms with Crippen molar-refractivity contribution < 1.29 is 43.2 Å². The molecule has 1 aromatic carbocycles. The molecule has 1 aromatic rings. The lowest BCUT2D eigenvalue weighted by Gasteiger charge is -2.43. The predicted molar refractivity (Wildman–Crippen MR) is 96.3 cm³/mol. The minimum absolute atomic E-state index is 0.298. The molecule has 5 atom stereocenters. The molecule has 0 radical (unpaired) electrons. The standard InChI is InChI=1S/C19H23NO9/c1-10(21)26-9-14-16(27-11(2)22)17(28-12(3)23)15(19(25)29-14)20-18(24)13-7-5-4-6-8-13/h4-8,14-17,19,25H,9H2,1-3H3,(H,20,24)/t14-,15+,16-,17-,19-/m0/s1. The van der Waals surface area contributed by atoms with E-state index < -0.39 is 54.5 Å². The van der Waals surface area contributed by atoms with Crippen LogP contribution < -0.4 is 5.32 Å². The van der Waals surface area contributed by atoms with Crippen molar-refractivity contribution in [2.45, 2.75) is 51.4 Å². The van der Waals surface area contributed by atoms with Crippen LogP contribution in [-0.2, 0) is 33.3 Å². The van der Waals surface area contributed by atoms with Crippen molar-refractivity contribution in [3.8, 4) is 0 Å². The lowest BCUT2D eigenvalue weighted by Crippen LogP contribution is -2.66. The second kappa shape index (κ2) is 9.99. The van der Waals surface area contributed by atoms with E-state index in [0.29, 0.717) is 5.56 Å². The van der Waals surface area contributed by atoms with Gasteiger partial charge in [-0.1, -0.05) is 18.2 Å². The Bertz CT molecular complexity index is 751. The highest BCUT2D eigenvalue weighted by atomic mass is 16.7. The van der Waals surface area contributed by atoms with E-state index in [1.807, 2.05) is 0 Å².